The molecule has 0 aromatic rings. The van der Waals surface area contributed by atoms with E-state index in [1.807, 2.05) is 6.08 Å². The number of likely N-dealkylation sites (N-methyl/N-ethyl adjacent to an activating group) is 1. The van der Waals surface area contributed by atoms with E-state index in [0.717, 1.165) is 51.9 Å². The van der Waals surface area contributed by atoms with Crippen molar-refractivity contribution in [2.75, 3.05) is 32.8 Å². The van der Waals surface area contributed by atoms with Gasteiger partial charge in [-0.3, -0.25) is 4.79 Å². The van der Waals surface area contributed by atoms with E-state index < -0.39 is 0 Å². The summed E-state index contributed by atoms with van der Waals surface area (Å²) in [5.41, 5.74) is 0. The number of allylic oxidation sites excluding steroid dienone is 1. The molecule has 0 heterocycles. The van der Waals surface area contributed by atoms with Crippen molar-refractivity contribution in [1.29, 1.82) is 0 Å². The maximum absolute atomic E-state index is 11.6. The molecular formula is C18H36N2O2. The first-order valence-corrected chi connectivity index (χ1v) is 8.95. The highest BCUT2D eigenvalue weighted by atomic mass is 16.2. The second-order valence-electron chi connectivity index (χ2n) is 5.81. The molecule has 22 heavy (non-hydrogen) atoms. The summed E-state index contributed by atoms with van der Waals surface area (Å²) >= 11 is 0. The lowest BCUT2D eigenvalue weighted by Crippen LogP contribution is -2.35. The van der Waals surface area contributed by atoms with E-state index in [-0.39, 0.29) is 5.91 Å². The fraction of sp³-hybridized carbons (Fsp3) is 0.833. The molecular weight excluding hydrogens is 276 g/mol. The first-order valence-electron chi connectivity index (χ1n) is 8.95. The second-order valence-corrected chi connectivity index (χ2v) is 5.81. The molecule has 0 aromatic carbocycles. The summed E-state index contributed by atoms with van der Waals surface area (Å²) in [7, 11) is 0. The Labute approximate surface area is 137 Å². The van der Waals surface area contributed by atoms with Crippen LogP contribution in [0.4, 0.5) is 0 Å². The van der Waals surface area contributed by atoms with Crippen LogP contribution in [-0.4, -0.2) is 48.7 Å². The van der Waals surface area contributed by atoms with E-state index in [1.54, 1.807) is 0 Å². The van der Waals surface area contributed by atoms with Crippen molar-refractivity contribution in [2.24, 2.45) is 0 Å². The average Bonchev–Trinajstić information content (AvgIpc) is 2.52. The van der Waals surface area contributed by atoms with Crippen molar-refractivity contribution in [3.8, 4) is 0 Å². The van der Waals surface area contributed by atoms with E-state index in [4.69, 9.17) is 5.11 Å². The van der Waals surface area contributed by atoms with E-state index in [9.17, 15) is 4.79 Å². The van der Waals surface area contributed by atoms with Crippen molar-refractivity contribution in [1.82, 2.24) is 10.2 Å². The normalized spacial score (nSPS) is 10.9. The number of nitrogens with one attached hydrogen (secondary N) is 1. The number of nitrogens with zero attached hydrogens (tertiary/aromatic N) is 1. The number of aliphatic hydroxyl groups is 1. The third-order valence-electron chi connectivity index (χ3n) is 3.89. The largest absolute Gasteiger partial charge is 0.396 e. The number of aliphatic hydroxyl groups excluding tert-OH is 1. The van der Waals surface area contributed by atoms with Gasteiger partial charge in [0.15, 0.2) is 0 Å². The van der Waals surface area contributed by atoms with Gasteiger partial charge in [0.05, 0.1) is 0 Å². The first kappa shape index (κ1) is 21.1. The summed E-state index contributed by atoms with van der Waals surface area (Å²) in [6.07, 6.45) is 11.3. The van der Waals surface area contributed by atoms with Crippen molar-refractivity contribution >= 4 is 5.91 Å². The Morgan fingerprint density at radius 1 is 1.09 bits per heavy atom. The van der Waals surface area contributed by atoms with Gasteiger partial charge in [-0.05, 0) is 38.8 Å². The van der Waals surface area contributed by atoms with Crippen LogP contribution in [0.15, 0.2) is 12.7 Å². The third kappa shape index (κ3) is 14.1. The molecule has 0 saturated heterocycles. The lowest BCUT2D eigenvalue weighted by atomic mass is 10.1. The Morgan fingerprint density at radius 3 is 2.41 bits per heavy atom. The Kier molecular flexibility index (Phi) is 15.8. The topological polar surface area (TPSA) is 52.6 Å². The molecule has 0 fully saturated rings. The number of hydrogen-bond acceptors (Lipinski definition) is 3. The predicted molar refractivity (Wildman–Crippen MR) is 94.0 cm³/mol. The van der Waals surface area contributed by atoms with Gasteiger partial charge in [-0.1, -0.05) is 38.7 Å². The zero-order valence-corrected chi connectivity index (χ0v) is 14.5. The minimum absolute atomic E-state index is 0.154. The molecule has 0 unspecified atom stereocenters. The molecule has 0 bridgehead atoms. The highest BCUT2D eigenvalue weighted by Crippen LogP contribution is 2.06. The van der Waals surface area contributed by atoms with Gasteiger partial charge in [0.1, 0.15) is 0 Å². The summed E-state index contributed by atoms with van der Waals surface area (Å²) in [6, 6.07) is 0. The number of unbranched alkanes of at least 4 members (excludes halogenated alkanes) is 6. The molecule has 0 rings (SSSR count). The molecule has 4 heteroatoms. The van der Waals surface area contributed by atoms with Gasteiger partial charge in [-0.25, -0.2) is 0 Å². The van der Waals surface area contributed by atoms with E-state index in [1.165, 1.54) is 25.7 Å². The van der Waals surface area contributed by atoms with Crippen LogP contribution in [0, 0.1) is 0 Å². The second kappa shape index (κ2) is 16.5. The first-order chi connectivity index (χ1) is 10.7. The monoisotopic (exact) mass is 312 g/mol. The number of carbonyl (C=O) groups excluding carboxylic acids is 1. The minimum atomic E-state index is 0.154. The lowest BCUT2D eigenvalue weighted by Gasteiger charge is -2.20. The van der Waals surface area contributed by atoms with Crippen LogP contribution in [0.1, 0.15) is 64.7 Å². The van der Waals surface area contributed by atoms with Crippen LogP contribution >= 0.6 is 0 Å². The van der Waals surface area contributed by atoms with E-state index in [2.05, 4.69) is 23.7 Å². The van der Waals surface area contributed by atoms with Crippen LogP contribution in [0.5, 0.6) is 0 Å². The lowest BCUT2D eigenvalue weighted by molar-refractivity contribution is -0.121. The van der Waals surface area contributed by atoms with Gasteiger partial charge in [-0.2, -0.15) is 0 Å². The standard InChI is InChI=1S/C18H36N2O2/c1-3-5-10-13-18(22)19-14-16-20(4-2)15-11-8-6-7-9-12-17-21/h3,21H,1,4-17H2,2H3,(H,19,22). The molecule has 0 spiro atoms. The Bertz CT molecular complexity index is 270. The summed E-state index contributed by atoms with van der Waals surface area (Å²) in [5.74, 6) is 0.154. The number of carbonyl (C=O) groups is 1. The van der Waals surface area contributed by atoms with Gasteiger partial charge >= 0.3 is 0 Å². The van der Waals surface area contributed by atoms with Crippen LogP contribution in [0.3, 0.4) is 0 Å². The molecule has 130 valence electrons. The maximum Gasteiger partial charge on any atom is 0.220 e. The van der Waals surface area contributed by atoms with Gasteiger partial charge in [0, 0.05) is 26.1 Å². The fourth-order valence-electron chi connectivity index (χ4n) is 2.43. The smallest absolute Gasteiger partial charge is 0.220 e. The summed E-state index contributed by atoms with van der Waals surface area (Å²) < 4.78 is 0. The maximum atomic E-state index is 11.6. The van der Waals surface area contributed by atoms with Crippen molar-refractivity contribution in [3.05, 3.63) is 12.7 Å². The number of hydrogen-bond donors (Lipinski definition) is 2. The summed E-state index contributed by atoms with van der Waals surface area (Å²) in [5, 5.41) is 11.7. The fourth-order valence-corrected chi connectivity index (χ4v) is 2.43. The summed E-state index contributed by atoms with van der Waals surface area (Å²) in [6.45, 7) is 10.00. The summed E-state index contributed by atoms with van der Waals surface area (Å²) in [4.78, 5) is 14.0. The van der Waals surface area contributed by atoms with Gasteiger partial charge in [0.25, 0.3) is 0 Å². The molecule has 0 atom stereocenters. The third-order valence-corrected chi connectivity index (χ3v) is 3.89. The predicted octanol–water partition coefficient (Wildman–Crippen LogP) is 3.11. The van der Waals surface area contributed by atoms with Crippen molar-refractivity contribution in [2.45, 2.75) is 64.7 Å². The number of amides is 1. The van der Waals surface area contributed by atoms with Crippen LogP contribution in [-0.2, 0) is 4.79 Å². The van der Waals surface area contributed by atoms with Crippen LogP contribution in [0.25, 0.3) is 0 Å². The van der Waals surface area contributed by atoms with Crippen LogP contribution in [0.2, 0.25) is 0 Å². The molecule has 0 aliphatic heterocycles. The molecule has 4 nitrogen and oxygen atoms in total. The molecule has 0 aliphatic carbocycles. The average molecular weight is 312 g/mol. The van der Waals surface area contributed by atoms with Gasteiger partial charge < -0.3 is 15.3 Å². The van der Waals surface area contributed by atoms with Crippen molar-refractivity contribution < 1.29 is 9.90 Å². The SMILES string of the molecule is C=CCCCC(=O)NCCN(CC)CCCCCCCCO. The Balaban J connectivity index is 3.50. The zero-order chi connectivity index (χ0) is 16.5. The molecule has 0 saturated carbocycles. The zero-order valence-electron chi connectivity index (χ0n) is 14.5. The van der Waals surface area contributed by atoms with Crippen molar-refractivity contribution in [3.63, 3.8) is 0 Å². The van der Waals surface area contributed by atoms with Gasteiger partial charge in [0.2, 0.25) is 5.91 Å². The molecule has 0 radical (unpaired) electrons. The Morgan fingerprint density at radius 2 is 1.77 bits per heavy atom. The molecule has 2 N–H and O–H groups in total. The highest BCUT2D eigenvalue weighted by Gasteiger charge is 2.04. The molecule has 1 amide bonds. The van der Waals surface area contributed by atoms with E-state index in [0.29, 0.717) is 13.0 Å². The van der Waals surface area contributed by atoms with Crippen LogP contribution < -0.4 is 5.32 Å². The molecule has 0 aromatic heterocycles. The minimum Gasteiger partial charge on any atom is -0.396 e. The molecule has 0 aliphatic rings. The van der Waals surface area contributed by atoms with Gasteiger partial charge in [-0.15, -0.1) is 6.58 Å². The van der Waals surface area contributed by atoms with E-state index >= 15 is 0 Å². The number of rotatable bonds is 16. The Hall–Kier alpha value is -0.870. The highest BCUT2D eigenvalue weighted by molar-refractivity contribution is 5.75. The quantitative estimate of drug-likeness (QED) is 0.340.